The van der Waals surface area contributed by atoms with Crippen molar-refractivity contribution in [2.75, 3.05) is 20.3 Å². The predicted molar refractivity (Wildman–Crippen MR) is 49.3 cm³/mol. The molecule has 6 heteroatoms. The highest BCUT2D eigenvalue weighted by Crippen LogP contribution is 2.25. The van der Waals surface area contributed by atoms with E-state index in [0.717, 1.165) is 6.07 Å². The molecule has 0 fully saturated rings. The highest BCUT2D eigenvalue weighted by atomic mass is 19.4. The summed E-state index contributed by atoms with van der Waals surface area (Å²) in [5.41, 5.74) is 0. The number of hydrogen-bond donors (Lipinski definition) is 0. The van der Waals surface area contributed by atoms with Crippen molar-refractivity contribution in [2.24, 2.45) is 0 Å². The lowest BCUT2D eigenvalue weighted by atomic mass is 10.3. The molecule has 0 saturated carbocycles. The molecule has 3 nitrogen and oxygen atoms in total. The van der Waals surface area contributed by atoms with Gasteiger partial charge in [-0.2, -0.15) is 0 Å². The number of alkyl halides is 3. The lowest BCUT2D eigenvalue weighted by molar-refractivity contribution is -0.274. The minimum absolute atomic E-state index is 0.256. The van der Waals surface area contributed by atoms with Gasteiger partial charge in [0.15, 0.2) is 0 Å². The number of hydrogen-bond acceptors (Lipinski definition) is 3. The summed E-state index contributed by atoms with van der Waals surface area (Å²) in [7, 11) is 1.50. The summed E-state index contributed by atoms with van der Waals surface area (Å²) in [5, 5.41) is 0. The number of rotatable bonds is 5. The largest absolute Gasteiger partial charge is 0.573 e. The molecule has 0 saturated heterocycles. The standard InChI is InChI=1S/C10H10F3O3/c1-14-5-6-15-8-3-2-4-9(7-8)16-10(11,12)13/h2-3,7H,5-6H2,1H3. The Morgan fingerprint density at radius 2 is 2.06 bits per heavy atom. The lowest BCUT2D eigenvalue weighted by Gasteiger charge is -2.10. The fraction of sp³-hybridized carbons (Fsp3) is 0.400. The third-order valence-corrected chi connectivity index (χ3v) is 1.53. The summed E-state index contributed by atoms with van der Waals surface area (Å²) in [6, 6.07) is 6.20. The predicted octanol–water partition coefficient (Wildman–Crippen LogP) is 2.41. The van der Waals surface area contributed by atoms with Crippen molar-refractivity contribution in [3.05, 3.63) is 24.3 Å². The minimum atomic E-state index is -4.72. The van der Waals surface area contributed by atoms with Gasteiger partial charge in [0.2, 0.25) is 0 Å². The summed E-state index contributed by atoms with van der Waals surface area (Å²) in [4.78, 5) is 0. The van der Waals surface area contributed by atoms with Crippen LogP contribution >= 0.6 is 0 Å². The number of halogens is 3. The fourth-order valence-electron chi connectivity index (χ4n) is 0.941. The van der Waals surface area contributed by atoms with Crippen LogP contribution in [0.2, 0.25) is 0 Å². The van der Waals surface area contributed by atoms with E-state index < -0.39 is 12.1 Å². The molecule has 0 amide bonds. The van der Waals surface area contributed by atoms with Crippen molar-refractivity contribution >= 4 is 0 Å². The smallest absolute Gasteiger partial charge is 0.491 e. The highest BCUT2D eigenvalue weighted by molar-refractivity contribution is 5.31. The Morgan fingerprint density at radius 3 is 2.69 bits per heavy atom. The van der Waals surface area contributed by atoms with Gasteiger partial charge in [-0.3, -0.25) is 0 Å². The molecular formula is C10H10F3O3. The fourth-order valence-corrected chi connectivity index (χ4v) is 0.941. The molecule has 0 atom stereocenters. The lowest BCUT2D eigenvalue weighted by Crippen LogP contribution is -2.17. The maximum absolute atomic E-state index is 11.9. The molecule has 0 spiro atoms. The first-order valence-corrected chi connectivity index (χ1v) is 4.40. The first-order chi connectivity index (χ1) is 7.51. The quantitative estimate of drug-likeness (QED) is 0.733. The van der Waals surface area contributed by atoms with E-state index in [0.29, 0.717) is 6.61 Å². The van der Waals surface area contributed by atoms with Gasteiger partial charge in [0.25, 0.3) is 0 Å². The summed E-state index contributed by atoms with van der Waals surface area (Å²) in [6.45, 7) is 0.611. The minimum Gasteiger partial charge on any atom is -0.491 e. The molecule has 0 aliphatic rings. The van der Waals surface area contributed by atoms with Gasteiger partial charge in [-0.25, -0.2) is 0 Å². The van der Waals surface area contributed by atoms with Crippen LogP contribution in [0.25, 0.3) is 0 Å². The maximum atomic E-state index is 11.9. The molecule has 0 aliphatic heterocycles. The van der Waals surface area contributed by atoms with Crippen molar-refractivity contribution < 1.29 is 27.4 Å². The summed E-state index contributed by atoms with van der Waals surface area (Å²) < 4.78 is 49.2. The third-order valence-electron chi connectivity index (χ3n) is 1.53. The number of ether oxygens (including phenoxy) is 3. The third kappa shape index (κ3) is 4.88. The summed E-state index contributed by atoms with van der Waals surface area (Å²) in [5.74, 6) is -0.155. The van der Waals surface area contributed by atoms with Crippen LogP contribution in [0.15, 0.2) is 18.2 Å². The average molecular weight is 235 g/mol. The Labute approximate surface area is 90.7 Å². The molecule has 1 radical (unpaired) electrons. The van der Waals surface area contributed by atoms with E-state index in [1.165, 1.54) is 19.2 Å². The zero-order chi connectivity index (χ0) is 12.0. The number of benzene rings is 1. The van der Waals surface area contributed by atoms with E-state index in [1.54, 1.807) is 0 Å². The Bertz CT molecular complexity index is 325. The van der Waals surface area contributed by atoms with Crippen LogP contribution in [0, 0.1) is 6.07 Å². The second kappa shape index (κ2) is 5.60. The van der Waals surface area contributed by atoms with Crippen LogP contribution in [0.4, 0.5) is 13.2 Å². The van der Waals surface area contributed by atoms with Gasteiger partial charge >= 0.3 is 6.36 Å². The molecular weight excluding hydrogens is 225 g/mol. The number of methoxy groups -OCH3 is 1. The van der Waals surface area contributed by atoms with Gasteiger partial charge < -0.3 is 14.2 Å². The van der Waals surface area contributed by atoms with E-state index in [-0.39, 0.29) is 12.4 Å². The van der Waals surface area contributed by atoms with Crippen LogP contribution in [0.5, 0.6) is 11.5 Å². The van der Waals surface area contributed by atoms with E-state index >= 15 is 0 Å². The molecule has 0 aliphatic carbocycles. The zero-order valence-corrected chi connectivity index (χ0v) is 8.50. The van der Waals surface area contributed by atoms with Crippen molar-refractivity contribution in [2.45, 2.75) is 6.36 Å². The van der Waals surface area contributed by atoms with Crippen molar-refractivity contribution in [1.29, 1.82) is 0 Å². The van der Waals surface area contributed by atoms with Crippen LogP contribution < -0.4 is 9.47 Å². The van der Waals surface area contributed by atoms with Gasteiger partial charge in [-0.1, -0.05) is 0 Å². The van der Waals surface area contributed by atoms with Gasteiger partial charge in [0.1, 0.15) is 18.1 Å². The van der Waals surface area contributed by atoms with Crippen molar-refractivity contribution in [3.63, 3.8) is 0 Å². The van der Waals surface area contributed by atoms with E-state index in [1.807, 2.05) is 0 Å². The molecule has 1 rings (SSSR count). The van der Waals surface area contributed by atoms with Gasteiger partial charge in [-0.05, 0) is 12.1 Å². The Kier molecular flexibility index (Phi) is 4.42. The second-order valence-corrected chi connectivity index (χ2v) is 2.78. The molecule has 0 heterocycles. The van der Waals surface area contributed by atoms with E-state index in [2.05, 4.69) is 10.8 Å². The molecule has 0 aromatic heterocycles. The molecule has 1 aromatic rings. The molecule has 0 bridgehead atoms. The molecule has 0 N–H and O–H groups in total. The summed E-state index contributed by atoms with van der Waals surface area (Å²) >= 11 is 0. The van der Waals surface area contributed by atoms with Crippen LogP contribution in [-0.4, -0.2) is 26.7 Å². The van der Waals surface area contributed by atoms with Crippen molar-refractivity contribution in [3.8, 4) is 11.5 Å². The van der Waals surface area contributed by atoms with Gasteiger partial charge in [-0.15, -0.1) is 13.2 Å². The maximum Gasteiger partial charge on any atom is 0.573 e. The molecule has 1 aromatic carbocycles. The summed E-state index contributed by atoms with van der Waals surface area (Å²) in [6.07, 6.45) is -4.72. The first-order valence-electron chi connectivity index (χ1n) is 4.40. The van der Waals surface area contributed by atoms with Gasteiger partial charge in [0, 0.05) is 19.2 Å². The Balaban J connectivity index is 2.57. The molecule has 16 heavy (non-hydrogen) atoms. The van der Waals surface area contributed by atoms with E-state index in [9.17, 15) is 13.2 Å². The molecule has 89 valence electrons. The molecule has 0 unspecified atom stereocenters. The zero-order valence-electron chi connectivity index (χ0n) is 8.50. The van der Waals surface area contributed by atoms with Crippen molar-refractivity contribution in [1.82, 2.24) is 0 Å². The normalized spacial score (nSPS) is 11.2. The highest BCUT2D eigenvalue weighted by Gasteiger charge is 2.31. The monoisotopic (exact) mass is 235 g/mol. The first kappa shape index (κ1) is 12.6. The Hall–Kier alpha value is -1.43. The second-order valence-electron chi connectivity index (χ2n) is 2.78. The van der Waals surface area contributed by atoms with Crippen LogP contribution in [-0.2, 0) is 4.74 Å². The SMILES string of the molecule is COCCOc1cc[c]c(OC(F)(F)F)c1. The Morgan fingerprint density at radius 1 is 1.31 bits per heavy atom. The van der Waals surface area contributed by atoms with Crippen LogP contribution in [0.3, 0.4) is 0 Å². The average Bonchev–Trinajstić information content (AvgIpc) is 2.16. The topological polar surface area (TPSA) is 27.7 Å². The van der Waals surface area contributed by atoms with Gasteiger partial charge in [0.05, 0.1) is 6.61 Å². The van der Waals surface area contributed by atoms with Crippen LogP contribution in [0.1, 0.15) is 0 Å². The van der Waals surface area contributed by atoms with E-state index in [4.69, 9.17) is 9.47 Å².